The Hall–Kier alpha value is -1.91. The zero-order valence-electron chi connectivity index (χ0n) is 11.5. The van der Waals surface area contributed by atoms with Crippen LogP contribution in [0, 0.1) is 5.92 Å². The van der Waals surface area contributed by atoms with Gasteiger partial charge >= 0.3 is 5.69 Å². The Morgan fingerprint density at radius 2 is 2.21 bits per heavy atom. The minimum atomic E-state index is -0.288. The zero-order valence-corrected chi connectivity index (χ0v) is 11.5. The number of benzene rings is 1. The summed E-state index contributed by atoms with van der Waals surface area (Å²) in [5.74, 6) is 0.603. The highest BCUT2D eigenvalue weighted by Gasteiger charge is 2.32. The van der Waals surface area contributed by atoms with Gasteiger partial charge in [0.25, 0.3) is 0 Å². The van der Waals surface area contributed by atoms with Gasteiger partial charge in [-0.3, -0.25) is 0 Å². The Labute approximate surface area is 111 Å². The third-order valence-corrected chi connectivity index (χ3v) is 3.99. The number of fused-ring (bicyclic) bond motifs is 1. The Morgan fingerprint density at radius 3 is 2.89 bits per heavy atom. The summed E-state index contributed by atoms with van der Waals surface area (Å²) in [6, 6.07) is 6.10. The van der Waals surface area contributed by atoms with Crippen molar-refractivity contribution >= 4 is 0 Å². The molecule has 1 aliphatic carbocycles. The smallest absolute Gasteiger partial charge is 0.244 e. The van der Waals surface area contributed by atoms with Crippen molar-refractivity contribution in [3.05, 3.63) is 39.8 Å². The van der Waals surface area contributed by atoms with Crippen molar-refractivity contribution in [3.63, 3.8) is 0 Å². The van der Waals surface area contributed by atoms with E-state index in [1.807, 2.05) is 12.1 Å². The van der Waals surface area contributed by atoms with Gasteiger partial charge in [-0.15, -0.1) is 0 Å². The van der Waals surface area contributed by atoms with Crippen LogP contribution in [0.25, 0.3) is 5.69 Å². The van der Waals surface area contributed by atoms with Crippen molar-refractivity contribution in [2.24, 2.45) is 5.92 Å². The topological polar surface area (TPSA) is 63.6 Å². The summed E-state index contributed by atoms with van der Waals surface area (Å²) in [5.41, 5.74) is 3.25. The van der Waals surface area contributed by atoms with Crippen molar-refractivity contribution in [3.8, 4) is 5.69 Å². The lowest BCUT2D eigenvalue weighted by Crippen LogP contribution is -2.30. The standard InChI is InChI=1S/C14H18N4O/c1-9-7-10-11(14(2,3)8-9)5-4-6-12(10)18-13(19)15-16-17-18/h4-6,9H,7-8H2,1-3H3,(H,15,17,19). The fourth-order valence-corrected chi connectivity index (χ4v) is 3.38. The lowest BCUT2D eigenvalue weighted by Gasteiger charge is -2.37. The first kappa shape index (κ1) is 12.1. The molecule has 100 valence electrons. The van der Waals surface area contributed by atoms with E-state index in [4.69, 9.17) is 0 Å². The minimum absolute atomic E-state index is 0.135. The van der Waals surface area contributed by atoms with Crippen molar-refractivity contribution in [1.29, 1.82) is 0 Å². The zero-order chi connectivity index (χ0) is 13.6. The lowest BCUT2D eigenvalue weighted by molar-refractivity contribution is 0.347. The van der Waals surface area contributed by atoms with E-state index >= 15 is 0 Å². The summed E-state index contributed by atoms with van der Waals surface area (Å²) in [4.78, 5) is 11.7. The summed E-state index contributed by atoms with van der Waals surface area (Å²) >= 11 is 0. The van der Waals surface area contributed by atoms with E-state index in [9.17, 15) is 4.79 Å². The van der Waals surface area contributed by atoms with E-state index in [2.05, 4.69) is 42.4 Å². The summed E-state index contributed by atoms with van der Waals surface area (Å²) in [6.07, 6.45) is 2.14. The minimum Gasteiger partial charge on any atom is -0.244 e. The molecule has 1 N–H and O–H groups in total. The highest BCUT2D eigenvalue weighted by molar-refractivity contribution is 5.49. The molecule has 1 aromatic heterocycles. The molecular formula is C14H18N4O. The summed E-state index contributed by atoms with van der Waals surface area (Å²) in [5, 5.41) is 9.80. The van der Waals surface area contributed by atoms with Crippen LogP contribution in [0.15, 0.2) is 23.0 Å². The van der Waals surface area contributed by atoms with Gasteiger partial charge in [-0.1, -0.05) is 32.9 Å². The molecule has 19 heavy (non-hydrogen) atoms. The fourth-order valence-electron chi connectivity index (χ4n) is 3.38. The summed E-state index contributed by atoms with van der Waals surface area (Å²) < 4.78 is 1.35. The van der Waals surface area contributed by atoms with Gasteiger partial charge in [0.15, 0.2) is 0 Å². The molecule has 1 heterocycles. The number of H-pyrrole nitrogens is 1. The Morgan fingerprint density at radius 1 is 1.42 bits per heavy atom. The number of rotatable bonds is 1. The molecule has 3 rings (SSSR count). The fraction of sp³-hybridized carbons (Fsp3) is 0.500. The molecule has 0 aliphatic heterocycles. The monoisotopic (exact) mass is 258 g/mol. The second-order valence-electron chi connectivity index (χ2n) is 6.12. The highest BCUT2D eigenvalue weighted by atomic mass is 16.2. The van der Waals surface area contributed by atoms with Crippen LogP contribution >= 0.6 is 0 Å². The predicted molar refractivity (Wildman–Crippen MR) is 72.5 cm³/mol. The molecule has 0 radical (unpaired) electrons. The number of aromatic nitrogens is 4. The average molecular weight is 258 g/mol. The first-order valence-electron chi connectivity index (χ1n) is 6.62. The largest absolute Gasteiger partial charge is 0.365 e. The second-order valence-corrected chi connectivity index (χ2v) is 6.12. The van der Waals surface area contributed by atoms with Crippen molar-refractivity contribution in [2.45, 2.75) is 39.0 Å². The van der Waals surface area contributed by atoms with E-state index in [0.717, 1.165) is 18.5 Å². The van der Waals surface area contributed by atoms with Crippen molar-refractivity contribution in [1.82, 2.24) is 20.2 Å². The molecule has 0 bridgehead atoms. The summed E-state index contributed by atoms with van der Waals surface area (Å²) in [7, 11) is 0. The molecule has 1 unspecified atom stereocenters. The molecule has 5 heteroatoms. The highest BCUT2D eigenvalue weighted by Crippen LogP contribution is 2.41. The van der Waals surface area contributed by atoms with Crippen LogP contribution in [-0.4, -0.2) is 20.2 Å². The molecule has 0 spiro atoms. The molecule has 0 saturated carbocycles. The maximum absolute atomic E-state index is 11.7. The Kier molecular flexibility index (Phi) is 2.59. The second kappa shape index (κ2) is 4.05. The van der Waals surface area contributed by atoms with Crippen LogP contribution in [0.3, 0.4) is 0 Å². The Bertz CT molecular complexity index is 668. The molecule has 1 aromatic carbocycles. The number of nitrogens with one attached hydrogen (secondary N) is 1. The van der Waals surface area contributed by atoms with Crippen molar-refractivity contribution in [2.75, 3.05) is 0 Å². The van der Waals surface area contributed by atoms with Crippen LogP contribution in [0.4, 0.5) is 0 Å². The van der Waals surface area contributed by atoms with Gasteiger partial charge in [0.2, 0.25) is 0 Å². The first-order valence-corrected chi connectivity index (χ1v) is 6.62. The maximum Gasteiger partial charge on any atom is 0.365 e. The Balaban J connectivity index is 2.25. The first-order chi connectivity index (χ1) is 8.99. The molecule has 2 aromatic rings. The predicted octanol–water partition coefficient (Wildman–Crippen LogP) is 1.82. The van der Waals surface area contributed by atoms with Gasteiger partial charge < -0.3 is 0 Å². The molecule has 0 fully saturated rings. The van der Waals surface area contributed by atoms with Crippen LogP contribution in [-0.2, 0) is 11.8 Å². The van der Waals surface area contributed by atoms with Crippen LogP contribution in [0.1, 0.15) is 38.3 Å². The number of hydrogen-bond acceptors (Lipinski definition) is 3. The normalized spacial score (nSPS) is 21.1. The van der Waals surface area contributed by atoms with Gasteiger partial charge in [-0.2, -0.15) is 4.68 Å². The van der Waals surface area contributed by atoms with E-state index < -0.39 is 0 Å². The van der Waals surface area contributed by atoms with Crippen LogP contribution in [0.2, 0.25) is 0 Å². The molecule has 0 saturated heterocycles. The van der Waals surface area contributed by atoms with E-state index in [0.29, 0.717) is 5.92 Å². The molecule has 5 nitrogen and oxygen atoms in total. The SMILES string of the molecule is CC1Cc2c(-n3nn[nH]c3=O)cccc2C(C)(C)C1. The third kappa shape index (κ3) is 1.89. The van der Waals surface area contributed by atoms with E-state index in [1.165, 1.54) is 15.8 Å². The van der Waals surface area contributed by atoms with Gasteiger partial charge in [0, 0.05) is 0 Å². The molecule has 1 atom stereocenters. The van der Waals surface area contributed by atoms with Crippen LogP contribution in [0.5, 0.6) is 0 Å². The number of hydrogen-bond donors (Lipinski definition) is 1. The number of nitrogens with zero attached hydrogens (tertiary/aromatic N) is 3. The van der Waals surface area contributed by atoms with Gasteiger partial charge in [0.1, 0.15) is 0 Å². The van der Waals surface area contributed by atoms with Gasteiger partial charge in [-0.25, -0.2) is 9.89 Å². The third-order valence-electron chi connectivity index (χ3n) is 3.99. The van der Waals surface area contributed by atoms with E-state index in [-0.39, 0.29) is 11.1 Å². The lowest BCUT2D eigenvalue weighted by atomic mass is 9.68. The van der Waals surface area contributed by atoms with Gasteiger partial charge in [0.05, 0.1) is 5.69 Å². The maximum atomic E-state index is 11.7. The van der Waals surface area contributed by atoms with Crippen LogP contribution < -0.4 is 5.69 Å². The average Bonchev–Trinajstić information content (AvgIpc) is 2.73. The molecular weight excluding hydrogens is 240 g/mol. The number of aromatic amines is 1. The number of tetrazole rings is 1. The molecule has 0 amide bonds. The van der Waals surface area contributed by atoms with Gasteiger partial charge in [-0.05, 0) is 51.8 Å². The van der Waals surface area contributed by atoms with E-state index in [1.54, 1.807) is 0 Å². The molecule has 1 aliphatic rings. The van der Waals surface area contributed by atoms with Crippen molar-refractivity contribution < 1.29 is 0 Å². The summed E-state index contributed by atoms with van der Waals surface area (Å²) in [6.45, 7) is 6.78. The quantitative estimate of drug-likeness (QED) is 0.848.